The quantitative estimate of drug-likeness (QED) is 0.822. The molecule has 0 aliphatic heterocycles. The number of benzene rings is 2. The minimum atomic E-state index is -4.40. The predicted octanol–water partition coefficient (Wildman–Crippen LogP) is 3.52. The maximum absolute atomic E-state index is 12.2. The van der Waals surface area contributed by atoms with Crippen molar-refractivity contribution in [1.82, 2.24) is 5.32 Å². The van der Waals surface area contributed by atoms with E-state index in [0.29, 0.717) is 17.8 Å². The summed E-state index contributed by atoms with van der Waals surface area (Å²) in [5, 5.41) is 5.29. The Morgan fingerprint density at radius 1 is 1.00 bits per heavy atom. The summed E-state index contributed by atoms with van der Waals surface area (Å²) >= 11 is 0. The molecule has 0 saturated heterocycles. The third-order valence-corrected chi connectivity index (χ3v) is 3.27. The van der Waals surface area contributed by atoms with Gasteiger partial charge in [-0.15, -0.1) is 0 Å². The molecule has 26 heavy (non-hydrogen) atoms. The molecule has 0 bridgehead atoms. The minimum Gasteiger partial charge on any atom is -0.484 e. The van der Waals surface area contributed by atoms with Crippen molar-refractivity contribution in [3.63, 3.8) is 0 Å². The number of hydrogen-bond donors (Lipinski definition) is 2. The zero-order chi connectivity index (χ0) is 19.2. The molecule has 2 aromatic carbocycles. The second-order valence-electron chi connectivity index (χ2n) is 5.49. The maximum Gasteiger partial charge on any atom is 0.422 e. The van der Waals surface area contributed by atoms with E-state index in [1.807, 2.05) is 0 Å². The van der Waals surface area contributed by atoms with Crippen LogP contribution in [0.25, 0.3) is 0 Å². The Labute approximate surface area is 148 Å². The van der Waals surface area contributed by atoms with Crippen LogP contribution in [0.15, 0.2) is 48.5 Å². The summed E-state index contributed by atoms with van der Waals surface area (Å²) in [5.74, 6) is -0.447. The van der Waals surface area contributed by atoms with Crippen LogP contribution in [0.1, 0.15) is 22.8 Å². The molecule has 0 aromatic heterocycles. The number of carbonyl (C=O) groups is 2. The van der Waals surface area contributed by atoms with Gasteiger partial charge in [0.25, 0.3) is 5.91 Å². The van der Waals surface area contributed by atoms with E-state index in [1.54, 1.807) is 24.3 Å². The molecule has 0 aliphatic carbocycles. The van der Waals surface area contributed by atoms with Gasteiger partial charge in [-0.1, -0.05) is 12.1 Å². The van der Waals surface area contributed by atoms with Crippen LogP contribution in [0.3, 0.4) is 0 Å². The average molecular weight is 366 g/mol. The monoisotopic (exact) mass is 366 g/mol. The number of alkyl halides is 3. The molecule has 2 rings (SSSR count). The molecule has 0 unspecified atom stereocenters. The Bertz CT molecular complexity index is 757. The van der Waals surface area contributed by atoms with E-state index in [1.165, 1.54) is 31.2 Å². The van der Waals surface area contributed by atoms with E-state index in [4.69, 9.17) is 0 Å². The number of anilines is 1. The third kappa shape index (κ3) is 6.46. The summed E-state index contributed by atoms with van der Waals surface area (Å²) in [6.45, 7) is 0.418. The summed E-state index contributed by atoms with van der Waals surface area (Å²) in [6, 6.07) is 12.3. The summed E-state index contributed by atoms with van der Waals surface area (Å²) in [7, 11) is 0. The normalized spacial score (nSPS) is 10.9. The van der Waals surface area contributed by atoms with Crippen molar-refractivity contribution in [2.45, 2.75) is 19.6 Å². The number of carbonyl (C=O) groups excluding carboxylic acids is 2. The SMILES string of the molecule is CC(=O)NCc1ccc(C(=O)Nc2ccc(OCC(F)(F)F)cc2)cc1. The number of ether oxygens (including phenoxy) is 1. The second-order valence-corrected chi connectivity index (χ2v) is 5.49. The van der Waals surface area contributed by atoms with E-state index < -0.39 is 12.8 Å². The number of amides is 2. The fourth-order valence-electron chi connectivity index (χ4n) is 2.00. The lowest BCUT2D eigenvalue weighted by Crippen LogP contribution is -2.19. The zero-order valence-corrected chi connectivity index (χ0v) is 13.9. The zero-order valence-electron chi connectivity index (χ0n) is 13.9. The highest BCUT2D eigenvalue weighted by atomic mass is 19.4. The highest BCUT2D eigenvalue weighted by Crippen LogP contribution is 2.20. The van der Waals surface area contributed by atoms with Crippen molar-refractivity contribution in [2.24, 2.45) is 0 Å². The van der Waals surface area contributed by atoms with Crippen molar-refractivity contribution >= 4 is 17.5 Å². The van der Waals surface area contributed by atoms with Crippen LogP contribution in [0.4, 0.5) is 18.9 Å². The van der Waals surface area contributed by atoms with E-state index in [0.717, 1.165) is 5.56 Å². The summed E-state index contributed by atoms with van der Waals surface area (Å²) in [4.78, 5) is 23.0. The highest BCUT2D eigenvalue weighted by Gasteiger charge is 2.28. The van der Waals surface area contributed by atoms with Crippen molar-refractivity contribution in [3.8, 4) is 5.75 Å². The Morgan fingerprint density at radius 3 is 2.15 bits per heavy atom. The fourth-order valence-corrected chi connectivity index (χ4v) is 2.00. The van der Waals surface area contributed by atoms with Gasteiger partial charge >= 0.3 is 6.18 Å². The molecular formula is C18H17F3N2O3. The molecule has 0 heterocycles. The maximum atomic E-state index is 12.2. The molecule has 5 nitrogen and oxygen atoms in total. The molecule has 0 aliphatic rings. The van der Waals surface area contributed by atoms with Gasteiger partial charge in [0.05, 0.1) is 0 Å². The number of nitrogens with one attached hydrogen (secondary N) is 2. The van der Waals surface area contributed by atoms with Crippen LogP contribution in [0.2, 0.25) is 0 Å². The molecule has 2 aromatic rings. The van der Waals surface area contributed by atoms with E-state index in [9.17, 15) is 22.8 Å². The Morgan fingerprint density at radius 2 is 1.62 bits per heavy atom. The van der Waals surface area contributed by atoms with Gasteiger partial charge in [-0.25, -0.2) is 0 Å². The molecule has 2 N–H and O–H groups in total. The van der Waals surface area contributed by atoms with Crippen molar-refractivity contribution in [1.29, 1.82) is 0 Å². The molecule has 0 radical (unpaired) electrons. The Kier molecular flexibility index (Phi) is 6.21. The van der Waals surface area contributed by atoms with Gasteiger partial charge in [0.2, 0.25) is 5.91 Å². The smallest absolute Gasteiger partial charge is 0.422 e. The fraction of sp³-hybridized carbons (Fsp3) is 0.222. The van der Waals surface area contributed by atoms with E-state index in [2.05, 4.69) is 15.4 Å². The third-order valence-electron chi connectivity index (χ3n) is 3.27. The van der Waals surface area contributed by atoms with Crippen LogP contribution in [-0.4, -0.2) is 24.6 Å². The molecule has 138 valence electrons. The van der Waals surface area contributed by atoms with E-state index >= 15 is 0 Å². The van der Waals surface area contributed by atoms with Crippen molar-refractivity contribution in [2.75, 3.05) is 11.9 Å². The number of rotatable bonds is 6. The van der Waals surface area contributed by atoms with Gasteiger partial charge in [-0.2, -0.15) is 13.2 Å². The lowest BCUT2D eigenvalue weighted by Gasteiger charge is -2.10. The van der Waals surface area contributed by atoms with E-state index in [-0.39, 0.29) is 17.6 Å². The van der Waals surface area contributed by atoms with Crippen LogP contribution >= 0.6 is 0 Å². The highest BCUT2D eigenvalue weighted by molar-refractivity contribution is 6.04. The molecule has 0 spiro atoms. The van der Waals surface area contributed by atoms with Crippen LogP contribution in [-0.2, 0) is 11.3 Å². The molecule has 2 amide bonds. The summed E-state index contributed by atoms with van der Waals surface area (Å²) < 4.78 is 40.9. The molecule has 0 saturated carbocycles. The summed E-state index contributed by atoms with van der Waals surface area (Å²) in [6.07, 6.45) is -4.40. The van der Waals surface area contributed by atoms with Crippen molar-refractivity contribution in [3.05, 3.63) is 59.7 Å². The van der Waals surface area contributed by atoms with Gasteiger partial charge in [0.15, 0.2) is 6.61 Å². The topological polar surface area (TPSA) is 67.4 Å². The van der Waals surface area contributed by atoms with Gasteiger partial charge in [-0.3, -0.25) is 9.59 Å². The Balaban J connectivity index is 1.91. The summed E-state index contributed by atoms with van der Waals surface area (Å²) in [5.41, 5.74) is 1.69. The first-order valence-electron chi connectivity index (χ1n) is 7.67. The first-order chi connectivity index (χ1) is 12.2. The van der Waals surface area contributed by atoms with Crippen molar-refractivity contribution < 1.29 is 27.5 Å². The lowest BCUT2D eigenvalue weighted by atomic mass is 10.1. The van der Waals surface area contributed by atoms with Crippen LogP contribution < -0.4 is 15.4 Å². The van der Waals surface area contributed by atoms with Crippen LogP contribution in [0.5, 0.6) is 5.75 Å². The molecule has 0 atom stereocenters. The van der Waals surface area contributed by atoms with Gasteiger partial charge in [-0.05, 0) is 42.0 Å². The van der Waals surface area contributed by atoms with Gasteiger partial charge in [0, 0.05) is 24.7 Å². The van der Waals surface area contributed by atoms with Gasteiger partial charge < -0.3 is 15.4 Å². The first-order valence-corrected chi connectivity index (χ1v) is 7.67. The predicted molar refractivity (Wildman–Crippen MR) is 89.9 cm³/mol. The molecular weight excluding hydrogens is 349 g/mol. The molecule has 8 heteroatoms. The van der Waals surface area contributed by atoms with Gasteiger partial charge in [0.1, 0.15) is 5.75 Å². The first kappa shape index (κ1) is 19.3. The number of hydrogen-bond acceptors (Lipinski definition) is 3. The number of halogens is 3. The Hall–Kier alpha value is -3.03. The average Bonchev–Trinajstić information content (AvgIpc) is 2.59. The lowest BCUT2D eigenvalue weighted by molar-refractivity contribution is -0.153. The van der Waals surface area contributed by atoms with Crippen LogP contribution in [0, 0.1) is 0 Å². The molecule has 0 fully saturated rings. The second kappa shape index (κ2) is 8.37. The standard InChI is InChI=1S/C18H17F3N2O3/c1-12(24)22-10-13-2-4-14(5-3-13)17(25)23-15-6-8-16(9-7-15)26-11-18(19,20)21/h2-9H,10-11H2,1H3,(H,22,24)(H,23,25). The minimum absolute atomic E-state index is 0.0580. The largest absolute Gasteiger partial charge is 0.484 e.